The highest BCUT2D eigenvalue weighted by atomic mass is 32.1. The Hall–Kier alpha value is -1.47. The summed E-state index contributed by atoms with van der Waals surface area (Å²) < 4.78 is 0. The number of carboxylic acid groups (broad SMARTS) is 1. The molecular formula is C10H15N3O3S. The number of likely N-dealkylation sites (N-methyl/N-ethyl adjacent to an activating group) is 1. The van der Waals surface area contributed by atoms with Gasteiger partial charge in [-0.05, 0) is 0 Å². The molecule has 1 amide bonds. The molecule has 0 bridgehead atoms. The standard InChI is InChI=1S/C10H15N3O3S/c1-13(2)9(14)3-8-12-7(6-17-8)4-11-5-10(15)16/h6,11H,3-5H2,1-2H3,(H,15,16). The molecule has 0 aromatic carbocycles. The number of amides is 1. The zero-order valence-corrected chi connectivity index (χ0v) is 10.6. The van der Waals surface area contributed by atoms with E-state index in [0.29, 0.717) is 6.54 Å². The van der Waals surface area contributed by atoms with Crippen molar-refractivity contribution in [3.05, 3.63) is 16.1 Å². The molecular weight excluding hydrogens is 242 g/mol. The minimum atomic E-state index is -0.900. The Morgan fingerprint density at radius 1 is 1.53 bits per heavy atom. The number of carbonyl (C=O) groups excluding carboxylic acids is 1. The molecule has 6 nitrogen and oxygen atoms in total. The molecule has 0 radical (unpaired) electrons. The van der Waals surface area contributed by atoms with Crippen molar-refractivity contribution < 1.29 is 14.7 Å². The number of carboxylic acids is 1. The highest BCUT2D eigenvalue weighted by Crippen LogP contribution is 2.10. The summed E-state index contributed by atoms with van der Waals surface area (Å²) in [6.07, 6.45) is 0.288. The maximum absolute atomic E-state index is 11.4. The average molecular weight is 257 g/mol. The summed E-state index contributed by atoms with van der Waals surface area (Å²) in [5.41, 5.74) is 0.762. The van der Waals surface area contributed by atoms with Crippen molar-refractivity contribution in [2.75, 3.05) is 20.6 Å². The van der Waals surface area contributed by atoms with Crippen molar-refractivity contribution in [2.45, 2.75) is 13.0 Å². The molecule has 0 aliphatic carbocycles. The first-order valence-electron chi connectivity index (χ1n) is 5.05. The quantitative estimate of drug-likeness (QED) is 0.746. The number of thiazole rings is 1. The molecule has 7 heteroatoms. The minimum absolute atomic E-state index is 0.00407. The summed E-state index contributed by atoms with van der Waals surface area (Å²) in [7, 11) is 3.40. The van der Waals surface area contributed by atoms with Gasteiger partial charge < -0.3 is 15.3 Å². The highest BCUT2D eigenvalue weighted by molar-refractivity contribution is 7.09. The predicted octanol–water partition coefficient (Wildman–Crippen LogP) is -0.0520. The van der Waals surface area contributed by atoms with E-state index in [9.17, 15) is 9.59 Å². The molecule has 0 saturated heterocycles. The van der Waals surface area contributed by atoms with Crippen LogP contribution in [-0.2, 0) is 22.6 Å². The Labute approximate surface area is 103 Å². The number of hydrogen-bond acceptors (Lipinski definition) is 5. The van der Waals surface area contributed by atoms with Gasteiger partial charge in [-0.15, -0.1) is 11.3 Å². The molecule has 1 aromatic heterocycles. The van der Waals surface area contributed by atoms with Crippen LogP contribution in [0.15, 0.2) is 5.38 Å². The number of hydrogen-bond donors (Lipinski definition) is 2. The van der Waals surface area contributed by atoms with E-state index in [0.717, 1.165) is 10.7 Å². The molecule has 0 spiro atoms. The van der Waals surface area contributed by atoms with Gasteiger partial charge in [-0.2, -0.15) is 0 Å². The van der Waals surface area contributed by atoms with Crippen LogP contribution in [0.2, 0.25) is 0 Å². The van der Waals surface area contributed by atoms with E-state index in [-0.39, 0.29) is 18.9 Å². The second kappa shape index (κ2) is 6.31. The van der Waals surface area contributed by atoms with E-state index in [2.05, 4.69) is 10.3 Å². The van der Waals surface area contributed by atoms with E-state index >= 15 is 0 Å². The number of aliphatic carboxylic acids is 1. The van der Waals surface area contributed by atoms with Gasteiger partial charge in [0.15, 0.2) is 0 Å². The lowest BCUT2D eigenvalue weighted by Crippen LogP contribution is -2.23. The third-order valence-corrected chi connectivity index (χ3v) is 2.88. The monoisotopic (exact) mass is 257 g/mol. The van der Waals surface area contributed by atoms with Crippen LogP contribution in [0.25, 0.3) is 0 Å². The first-order chi connectivity index (χ1) is 7.99. The van der Waals surface area contributed by atoms with Crippen molar-refractivity contribution in [1.29, 1.82) is 0 Å². The van der Waals surface area contributed by atoms with Crippen LogP contribution in [0.1, 0.15) is 10.7 Å². The fourth-order valence-electron chi connectivity index (χ4n) is 1.10. The molecule has 94 valence electrons. The molecule has 0 fully saturated rings. The molecule has 1 aromatic rings. The lowest BCUT2D eigenvalue weighted by molar-refractivity contribution is -0.136. The molecule has 0 saturated carbocycles. The van der Waals surface area contributed by atoms with E-state index < -0.39 is 5.97 Å². The smallest absolute Gasteiger partial charge is 0.317 e. The summed E-state index contributed by atoms with van der Waals surface area (Å²) in [6.45, 7) is 0.308. The topological polar surface area (TPSA) is 82.5 Å². The molecule has 0 aliphatic rings. The van der Waals surface area contributed by atoms with E-state index in [1.165, 1.54) is 16.2 Å². The summed E-state index contributed by atoms with van der Waals surface area (Å²) in [5.74, 6) is -0.896. The van der Waals surface area contributed by atoms with Crippen molar-refractivity contribution in [1.82, 2.24) is 15.2 Å². The first kappa shape index (κ1) is 13.6. The lowest BCUT2D eigenvalue weighted by atomic mass is 10.4. The first-order valence-corrected chi connectivity index (χ1v) is 5.93. The minimum Gasteiger partial charge on any atom is -0.480 e. The van der Waals surface area contributed by atoms with Crippen molar-refractivity contribution in [3.8, 4) is 0 Å². The van der Waals surface area contributed by atoms with Gasteiger partial charge in [-0.1, -0.05) is 0 Å². The number of carbonyl (C=O) groups is 2. The molecule has 17 heavy (non-hydrogen) atoms. The zero-order valence-electron chi connectivity index (χ0n) is 9.77. The Kier molecular flexibility index (Phi) is 5.05. The lowest BCUT2D eigenvalue weighted by Gasteiger charge is -2.07. The Bertz CT molecular complexity index is 403. The molecule has 0 atom stereocenters. The van der Waals surface area contributed by atoms with Gasteiger partial charge in [0.25, 0.3) is 0 Å². The second-order valence-electron chi connectivity index (χ2n) is 3.69. The van der Waals surface area contributed by atoms with Gasteiger partial charge in [0.2, 0.25) is 5.91 Å². The van der Waals surface area contributed by atoms with Gasteiger partial charge in [0.05, 0.1) is 18.7 Å². The maximum Gasteiger partial charge on any atom is 0.317 e. The van der Waals surface area contributed by atoms with Crippen LogP contribution in [0.3, 0.4) is 0 Å². The van der Waals surface area contributed by atoms with Crippen LogP contribution in [0.5, 0.6) is 0 Å². The summed E-state index contributed by atoms with van der Waals surface area (Å²) >= 11 is 1.41. The summed E-state index contributed by atoms with van der Waals surface area (Å²) in [5, 5.41) is 13.8. The number of nitrogens with one attached hydrogen (secondary N) is 1. The van der Waals surface area contributed by atoms with Crippen LogP contribution in [0, 0.1) is 0 Å². The zero-order chi connectivity index (χ0) is 12.8. The van der Waals surface area contributed by atoms with Crippen molar-refractivity contribution >= 4 is 23.2 Å². The second-order valence-corrected chi connectivity index (χ2v) is 4.64. The molecule has 0 aliphatic heterocycles. The van der Waals surface area contributed by atoms with Crippen LogP contribution >= 0.6 is 11.3 Å². The van der Waals surface area contributed by atoms with Gasteiger partial charge >= 0.3 is 5.97 Å². The van der Waals surface area contributed by atoms with Crippen LogP contribution in [-0.4, -0.2) is 47.5 Å². The normalized spacial score (nSPS) is 10.2. The van der Waals surface area contributed by atoms with Gasteiger partial charge in [-0.25, -0.2) is 4.98 Å². The van der Waals surface area contributed by atoms with Crippen molar-refractivity contribution in [2.24, 2.45) is 0 Å². The third kappa shape index (κ3) is 4.92. The summed E-state index contributed by atoms with van der Waals surface area (Å²) in [4.78, 5) is 27.5. The fourth-order valence-corrected chi connectivity index (χ4v) is 1.88. The number of rotatable bonds is 6. The van der Waals surface area contributed by atoms with Gasteiger partial charge in [0.1, 0.15) is 5.01 Å². The Balaban J connectivity index is 2.42. The average Bonchev–Trinajstić information content (AvgIpc) is 2.65. The highest BCUT2D eigenvalue weighted by Gasteiger charge is 2.09. The predicted molar refractivity (Wildman–Crippen MR) is 63.9 cm³/mol. The number of aromatic nitrogens is 1. The van der Waals surface area contributed by atoms with E-state index in [1.54, 1.807) is 14.1 Å². The largest absolute Gasteiger partial charge is 0.480 e. The van der Waals surface area contributed by atoms with Gasteiger partial charge in [-0.3, -0.25) is 9.59 Å². The van der Waals surface area contributed by atoms with E-state index in [4.69, 9.17) is 5.11 Å². The molecule has 0 unspecified atom stereocenters. The summed E-state index contributed by atoms with van der Waals surface area (Å²) in [6, 6.07) is 0. The Morgan fingerprint density at radius 2 is 2.24 bits per heavy atom. The van der Waals surface area contributed by atoms with E-state index in [1.807, 2.05) is 5.38 Å². The Morgan fingerprint density at radius 3 is 2.82 bits per heavy atom. The molecule has 1 rings (SSSR count). The van der Waals surface area contributed by atoms with Crippen LogP contribution < -0.4 is 5.32 Å². The maximum atomic E-state index is 11.4. The van der Waals surface area contributed by atoms with Crippen LogP contribution in [0.4, 0.5) is 0 Å². The third-order valence-electron chi connectivity index (χ3n) is 1.98. The fraction of sp³-hybridized carbons (Fsp3) is 0.500. The molecule has 1 heterocycles. The molecule has 2 N–H and O–H groups in total. The SMILES string of the molecule is CN(C)C(=O)Cc1nc(CNCC(=O)O)cs1. The van der Waals surface area contributed by atoms with Gasteiger partial charge in [0, 0.05) is 26.0 Å². The van der Waals surface area contributed by atoms with Crippen molar-refractivity contribution in [3.63, 3.8) is 0 Å². The number of nitrogens with zero attached hydrogens (tertiary/aromatic N) is 2.